The summed E-state index contributed by atoms with van der Waals surface area (Å²) in [5, 5.41) is 1.02. The number of nitrogens with zero attached hydrogens (tertiary/aromatic N) is 5. The molecule has 0 atom stereocenters. The first-order chi connectivity index (χ1) is 9.22. The zero-order valence-corrected chi connectivity index (χ0v) is 11.6. The number of rotatable bonds is 2. The van der Waals surface area contributed by atoms with Crippen LogP contribution in [0.4, 0.5) is 16.6 Å². The van der Waals surface area contributed by atoms with E-state index in [-0.39, 0.29) is 0 Å². The first-order valence-corrected chi connectivity index (χ1v) is 7.01. The molecule has 6 nitrogen and oxygen atoms in total. The molecule has 1 fully saturated rings. The number of aromatic nitrogens is 3. The fourth-order valence-electron chi connectivity index (χ4n) is 2.16. The summed E-state index contributed by atoms with van der Waals surface area (Å²) in [6.45, 7) is 5.77. The molecule has 0 aromatic carbocycles. The summed E-state index contributed by atoms with van der Waals surface area (Å²) in [6.07, 6.45) is 1.83. The van der Waals surface area contributed by atoms with E-state index in [1.54, 1.807) is 0 Å². The molecule has 1 aliphatic heterocycles. The Hall–Kier alpha value is -1.89. The number of hydrogen-bond acceptors (Lipinski definition) is 7. The molecule has 3 rings (SSSR count). The predicted octanol–water partition coefficient (Wildman–Crippen LogP) is 1.15. The van der Waals surface area contributed by atoms with E-state index in [0.717, 1.165) is 42.8 Å². The van der Waals surface area contributed by atoms with Crippen molar-refractivity contribution in [2.45, 2.75) is 6.92 Å². The van der Waals surface area contributed by atoms with Gasteiger partial charge in [-0.15, -0.1) is 0 Å². The molecule has 0 amide bonds. The number of nitrogen functional groups attached to an aromatic ring is 1. The molecule has 0 aliphatic carbocycles. The van der Waals surface area contributed by atoms with Crippen LogP contribution in [0, 0.1) is 6.92 Å². The Morgan fingerprint density at radius 2 is 1.89 bits per heavy atom. The lowest BCUT2D eigenvalue weighted by atomic mass is 10.3. The molecule has 0 unspecified atom stereocenters. The Morgan fingerprint density at radius 3 is 2.47 bits per heavy atom. The van der Waals surface area contributed by atoms with Crippen LogP contribution in [0.25, 0.3) is 0 Å². The third-order valence-corrected chi connectivity index (χ3v) is 4.07. The number of hydrogen-bond donors (Lipinski definition) is 1. The summed E-state index contributed by atoms with van der Waals surface area (Å²) < 4.78 is 4.23. The summed E-state index contributed by atoms with van der Waals surface area (Å²) >= 11 is 1.47. The molecule has 2 N–H and O–H groups in total. The minimum Gasteiger partial charge on any atom is -0.384 e. The Kier molecular flexibility index (Phi) is 3.20. The van der Waals surface area contributed by atoms with Crippen LogP contribution in [0.15, 0.2) is 18.3 Å². The second-order valence-corrected chi connectivity index (χ2v) is 5.27. The van der Waals surface area contributed by atoms with E-state index in [2.05, 4.69) is 24.1 Å². The number of pyridine rings is 1. The molecule has 19 heavy (non-hydrogen) atoms. The number of aryl methyl sites for hydroxylation is 1. The van der Waals surface area contributed by atoms with E-state index in [1.807, 2.05) is 25.3 Å². The third kappa shape index (κ3) is 2.60. The van der Waals surface area contributed by atoms with E-state index in [4.69, 9.17) is 5.73 Å². The lowest BCUT2D eigenvalue weighted by molar-refractivity contribution is 0.651. The average Bonchev–Trinajstić information content (AvgIpc) is 2.87. The molecule has 100 valence electrons. The molecule has 3 heterocycles. The maximum absolute atomic E-state index is 5.60. The Morgan fingerprint density at radius 1 is 1.16 bits per heavy atom. The lowest BCUT2D eigenvalue weighted by Crippen LogP contribution is -2.46. The monoisotopic (exact) mass is 276 g/mol. The van der Waals surface area contributed by atoms with E-state index >= 15 is 0 Å². The van der Waals surface area contributed by atoms with E-state index in [1.165, 1.54) is 11.5 Å². The molecular weight excluding hydrogens is 260 g/mol. The fraction of sp³-hybridized carbons (Fsp3) is 0.417. The molecule has 0 spiro atoms. The van der Waals surface area contributed by atoms with Gasteiger partial charge in [0, 0.05) is 37.7 Å². The zero-order valence-electron chi connectivity index (χ0n) is 10.8. The van der Waals surface area contributed by atoms with Gasteiger partial charge in [-0.05, 0) is 19.1 Å². The van der Waals surface area contributed by atoms with Gasteiger partial charge in [-0.1, -0.05) is 0 Å². The average molecular weight is 276 g/mol. The molecule has 2 aromatic heterocycles. The van der Waals surface area contributed by atoms with Crippen molar-refractivity contribution in [3.8, 4) is 0 Å². The van der Waals surface area contributed by atoms with Gasteiger partial charge < -0.3 is 15.5 Å². The van der Waals surface area contributed by atoms with Gasteiger partial charge in [-0.3, -0.25) is 0 Å². The highest BCUT2D eigenvalue weighted by Gasteiger charge is 2.19. The van der Waals surface area contributed by atoms with Crippen LogP contribution in [-0.2, 0) is 0 Å². The molecule has 7 heteroatoms. The lowest BCUT2D eigenvalue weighted by Gasteiger charge is -2.35. The fourth-order valence-corrected chi connectivity index (χ4v) is 2.88. The van der Waals surface area contributed by atoms with Crippen LogP contribution in [0.1, 0.15) is 5.82 Å². The summed E-state index contributed by atoms with van der Waals surface area (Å²) in [5.74, 6) is 1.41. The topological polar surface area (TPSA) is 71.2 Å². The van der Waals surface area contributed by atoms with Crippen molar-refractivity contribution < 1.29 is 0 Å². The van der Waals surface area contributed by atoms with Crippen LogP contribution >= 0.6 is 11.5 Å². The Balaban J connectivity index is 1.64. The third-order valence-electron chi connectivity index (χ3n) is 3.20. The zero-order chi connectivity index (χ0) is 13.2. The van der Waals surface area contributed by atoms with Crippen LogP contribution in [0.5, 0.6) is 0 Å². The number of piperazine rings is 1. The van der Waals surface area contributed by atoms with Gasteiger partial charge in [0.25, 0.3) is 0 Å². The first kappa shape index (κ1) is 12.2. The van der Waals surface area contributed by atoms with Gasteiger partial charge in [0.15, 0.2) is 0 Å². The Labute approximate surface area is 116 Å². The van der Waals surface area contributed by atoms with Gasteiger partial charge in [0.05, 0.1) is 11.9 Å². The molecule has 0 bridgehead atoms. The van der Waals surface area contributed by atoms with Crippen molar-refractivity contribution >= 4 is 28.2 Å². The van der Waals surface area contributed by atoms with Crippen LogP contribution in [0.3, 0.4) is 0 Å². The molecule has 1 saturated heterocycles. The van der Waals surface area contributed by atoms with Gasteiger partial charge in [-0.25, -0.2) is 9.97 Å². The van der Waals surface area contributed by atoms with Crippen molar-refractivity contribution in [1.82, 2.24) is 14.3 Å². The van der Waals surface area contributed by atoms with Gasteiger partial charge in [0.2, 0.25) is 5.13 Å². The van der Waals surface area contributed by atoms with Gasteiger partial charge in [0.1, 0.15) is 11.6 Å². The second-order valence-electron chi connectivity index (χ2n) is 4.54. The summed E-state index contributed by atoms with van der Waals surface area (Å²) in [5.41, 5.74) is 6.73. The maximum atomic E-state index is 5.60. The summed E-state index contributed by atoms with van der Waals surface area (Å²) in [4.78, 5) is 13.2. The number of nitrogens with two attached hydrogens (primary N) is 1. The van der Waals surface area contributed by atoms with Crippen LogP contribution in [-0.4, -0.2) is 40.5 Å². The second kappa shape index (κ2) is 5.00. The smallest absolute Gasteiger partial charge is 0.205 e. The van der Waals surface area contributed by atoms with Crippen LogP contribution in [0.2, 0.25) is 0 Å². The Bertz CT molecular complexity index is 544. The molecular formula is C12H16N6S. The van der Waals surface area contributed by atoms with E-state index in [9.17, 15) is 0 Å². The predicted molar refractivity (Wildman–Crippen MR) is 77.7 cm³/mol. The van der Waals surface area contributed by atoms with Gasteiger partial charge in [-0.2, -0.15) is 4.37 Å². The SMILES string of the molecule is Cc1nsc(N2CCN(c3ccc(N)nc3)CC2)n1. The molecule has 1 aliphatic rings. The van der Waals surface area contributed by atoms with Crippen molar-refractivity contribution in [2.75, 3.05) is 41.7 Å². The van der Waals surface area contributed by atoms with Crippen molar-refractivity contribution in [2.24, 2.45) is 0 Å². The highest BCUT2D eigenvalue weighted by molar-refractivity contribution is 7.09. The number of anilines is 3. The van der Waals surface area contributed by atoms with Crippen LogP contribution < -0.4 is 15.5 Å². The largest absolute Gasteiger partial charge is 0.384 e. The highest BCUT2D eigenvalue weighted by atomic mass is 32.1. The van der Waals surface area contributed by atoms with Gasteiger partial charge >= 0.3 is 0 Å². The normalized spacial score (nSPS) is 15.8. The highest BCUT2D eigenvalue weighted by Crippen LogP contribution is 2.21. The molecule has 0 radical (unpaired) electrons. The quantitative estimate of drug-likeness (QED) is 0.887. The van der Waals surface area contributed by atoms with E-state index in [0.29, 0.717) is 5.82 Å². The van der Waals surface area contributed by atoms with Crippen molar-refractivity contribution in [3.63, 3.8) is 0 Å². The van der Waals surface area contributed by atoms with Crippen molar-refractivity contribution in [1.29, 1.82) is 0 Å². The minimum atomic E-state index is 0.562. The van der Waals surface area contributed by atoms with E-state index < -0.39 is 0 Å². The first-order valence-electron chi connectivity index (χ1n) is 6.24. The molecule has 0 saturated carbocycles. The standard InChI is InChI=1S/C12H16N6S/c1-9-15-12(19-16-9)18-6-4-17(5-7-18)10-2-3-11(13)14-8-10/h2-3,8H,4-7H2,1H3,(H2,13,14). The maximum Gasteiger partial charge on any atom is 0.205 e. The summed E-state index contributed by atoms with van der Waals surface area (Å²) in [6, 6.07) is 3.86. The molecule has 2 aromatic rings. The summed E-state index contributed by atoms with van der Waals surface area (Å²) in [7, 11) is 0. The van der Waals surface area contributed by atoms with Crippen molar-refractivity contribution in [3.05, 3.63) is 24.2 Å². The minimum absolute atomic E-state index is 0.562.